The standard InChI is InChI=1S/C6H9NOS.ClH/c1-2-4-7-5-3-6(8)9-7;/h3,5H,2,4H2,1H3;1H. The fourth-order valence-electron chi connectivity index (χ4n) is 0.661. The molecular formula is C6H10ClNOS. The van der Waals surface area contributed by atoms with E-state index in [1.165, 1.54) is 11.5 Å². The minimum absolute atomic E-state index is 0. The minimum atomic E-state index is 0. The molecule has 10 heavy (non-hydrogen) atoms. The Hall–Kier alpha value is -0.280. The van der Waals surface area contributed by atoms with Gasteiger partial charge in [0.2, 0.25) is 4.74 Å². The Balaban J connectivity index is 0.000000810. The molecule has 0 saturated heterocycles. The quantitative estimate of drug-likeness (QED) is 0.678. The Morgan fingerprint density at radius 3 is 2.80 bits per heavy atom. The van der Waals surface area contributed by atoms with Gasteiger partial charge in [-0.25, -0.2) is 0 Å². The summed E-state index contributed by atoms with van der Waals surface area (Å²) < 4.78 is 2.09. The summed E-state index contributed by atoms with van der Waals surface area (Å²) in [6.07, 6.45) is 2.92. The van der Waals surface area contributed by atoms with Gasteiger partial charge in [0, 0.05) is 18.8 Å². The van der Waals surface area contributed by atoms with E-state index >= 15 is 0 Å². The lowest BCUT2D eigenvalue weighted by atomic mass is 10.5. The van der Waals surface area contributed by atoms with Crippen LogP contribution in [0.15, 0.2) is 17.1 Å². The molecule has 0 aromatic carbocycles. The molecule has 1 heterocycles. The molecule has 0 N–H and O–H groups in total. The molecule has 1 aromatic rings. The zero-order chi connectivity index (χ0) is 6.69. The maximum Gasteiger partial charge on any atom is 0.249 e. The van der Waals surface area contributed by atoms with Gasteiger partial charge < -0.3 is 3.96 Å². The highest BCUT2D eigenvalue weighted by atomic mass is 35.5. The number of hydrogen-bond acceptors (Lipinski definition) is 2. The van der Waals surface area contributed by atoms with Crippen molar-refractivity contribution in [3.05, 3.63) is 21.8 Å². The first-order valence-electron chi connectivity index (χ1n) is 2.99. The zero-order valence-corrected chi connectivity index (χ0v) is 7.37. The van der Waals surface area contributed by atoms with Gasteiger partial charge in [0.1, 0.15) is 0 Å². The lowest BCUT2D eigenvalue weighted by Gasteiger charge is -1.92. The molecule has 1 rings (SSSR count). The summed E-state index contributed by atoms with van der Waals surface area (Å²) in [5.41, 5.74) is 0. The Morgan fingerprint density at radius 2 is 2.40 bits per heavy atom. The van der Waals surface area contributed by atoms with Crippen molar-refractivity contribution < 1.29 is 0 Å². The number of hydrogen-bond donors (Lipinski definition) is 0. The van der Waals surface area contributed by atoms with E-state index in [0.29, 0.717) is 0 Å². The third-order valence-electron chi connectivity index (χ3n) is 1.03. The van der Waals surface area contributed by atoms with Crippen molar-refractivity contribution in [2.75, 3.05) is 0 Å². The number of rotatable bonds is 2. The Bertz CT molecular complexity index is 230. The molecule has 1 aromatic heterocycles. The summed E-state index contributed by atoms with van der Waals surface area (Å²) in [4.78, 5) is 10.6. The maximum atomic E-state index is 10.6. The highest BCUT2D eigenvalue weighted by Crippen LogP contribution is 1.92. The average Bonchev–Trinajstić information content (AvgIpc) is 2.17. The predicted octanol–water partition coefficient (Wildman–Crippen LogP) is 1.74. The lowest BCUT2D eigenvalue weighted by molar-refractivity contribution is 0.732. The van der Waals surface area contributed by atoms with Crippen molar-refractivity contribution in [2.24, 2.45) is 0 Å². The molecule has 0 bridgehead atoms. The van der Waals surface area contributed by atoms with Gasteiger partial charge in [-0.1, -0.05) is 6.92 Å². The van der Waals surface area contributed by atoms with Crippen LogP contribution in [0.25, 0.3) is 0 Å². The first-order chi connectivity index (χ1) is 4.33. The molecular weight excluding hydrogens is 170 g/mol. The van der Waals surface area contributed by atoms with E-state index in [4.69, 9.17) is 0 Å². The molecule has 0 radical (unpaired) electrons. The van der Waals surface area contributed by atoms with Crippen molar-refractivity contribution in [1.29, 1.82) is 0 Å². The normalized spacial score (nSPS) is 8.90. The van der Waals surface area contributed by atoms with Crippen LogP contribution in [0.3, 0.4) is 0 Å². The SMILES string of the molecule is CCCn1ccc(=O)s1.Cl. The summed E-state index contributed by atoms with van der Waals surface area (Å²) in [7, 11) is 0. The molecule has 0 aliphatic carbocycles. The summed E-state index contributed by atoms with van der Waals surface area (Å²) in [6, 6.07) is 1.60. The van der Waals surface area contributed by atoms with Crippen LogP contribution in [0.1, 0.15) is 13.3 Å². The Morgan fingerprint density at radius 1 is 1.70 bits per heavy atom. The molecule has 0 amide bonds. The van der Waals surface area contributed by atoms with Crippen molar-refractivity contribution in [1.82, 2.24) is 3.96 Å². The van der Waals surface area contributed by atoms with Gasteiger partial charge in [-0.3, -0.25) is 4.79 Å². The van der Waals surface area contributed by atoms with Crippen molar-refractivity contribution in [3.63, 3.8) is 0 Å². The maximum absolute atomic E-state index is 10.6. The first kappa shape index (κ1) is 9.72. The van der Waals surface area contributed by atoms with Crippen LogP contribution in [0, 0.1) is 0 Å². The van der Waals surface area contributed by atoms with E-state index in [-0.39, 0.29) is 17.1 Å². The molecule has 4 heteroatoms. The zero-order valence-electron chi connectivity index (χ0n) is 5.74. The third-order valence-corrected chi connectivity index (χ3v) is 1.88. The number of aromatic nitrogens is 1. The van der Waals surface area contributed by atoms with Gasteiger partial charge in [-0.2, -0.15) is 0 Å². The molecule has 0 saturated carbocycles. The van der Waals surface area contributed by atoms with Crippen LogP contribution < -0.4 is 4.74 Å². The first-order valence-corrected chi connectivity index (χ1v) is 3.77. The molecule has 0 fully saturated rings. The van der Waals surface area contributed by atoms with Crippen molar-refractivity contribution >= 4 is 23.9 Å². The van der Waals surface area contributed by atoms with Crippen LogP contribution in [0.2, 0.25) is 0 Å². The van der Waals surface area contributed by atoms with Gasteiger partial charge in [0.05, 0.1) is 0 Å². The van der Waals surface area contributed by atoms with Gasteiger partial charge in [0.25, 0.3) is 0 Å². The molecule has 0 unspecified atom stereocenters. The second kappa shape index (κ2) is 4.52. The number of halogens is 1. The Labute approximate surface area is 70.1 Å². The molecule has 0 spiro atoms. The summed E-state index contributed by atoms with van der Waals surface area (Å²) in [5, 5.41) is 0. The smallest absolute Gasteiger partial charge is 0.249 e. The van der Waals surface area contributed by atoms with E-state index in [1.54, 1.807) is 6.07 Å². The number of nitrogens with zero attached hydrogens (tertiary/aromatic N) is 1. The second-order valence-corrected chi connectivity index (χ2v) is 2.92. The molecule has 58 valence electrons. The van der Waals surface area contributed by atoms with Gasteiger partial charge in [0.15, 0.2) is 0 Å². The predicted molar refractivity (Wildman–Crippen MR) is 46.1 cm³/mol. The van der Waals surface area contributed by atoms with Crippen LogP contribution >= 0.6 is 23.9 Å². The Kier molecular flexibility index (Phi) is 4.40. The summed E-state index contributed by atoms with van der Waals surface area (Å²) in [5.74, 6) is 0. The summed E-state index contributed by atoms with van der Waals surface area (Å²) >= 11 is 1.27. The van der Waals surface area contributed by atoms with E-state index in [9.17, 15) is 4.79 Å². The van der Waals surface area contributed by atoms with Crippen LogP contribution in [0.4, 0.5) is 0 Å². The minimum Gasteiger partial charge on any atom is -0.302 e. The topological polar surface area (TPSA) is 22.0 Å². The average molecular weight is 180 g/mol. The van der Waals surface area contributed by atoms with E-state index in [2.05, 4.69) is 6.92 Å². The van der Waals surface area contributed by atoms with E-state index in [1.807, 2.05) is 10.2 Å². The fraction of sp³-hybridized carbons (Fsp3) is 0.500. The lowest BCUT2D eigenvalue weighted by Crippen LogP contribution is -1.89. The van der Waals surface area contributed by atoms with Gasteiger partial charge >= 0.3 is 0 Å². The molecule has 2 nitrogen and oxygen atoms in total. The van der Waals surface area contributed by atoms with Crippen LogP contribution in [-0.4, -0.2) is 3.96 Å². The van der Waals surface area contributed by atoms with Crippen molar-refractivity contribution in [3.8, 4) is 0 Å². The van der Waals surface area contributed by atoms with Crippen LogP contribution in [-0.2, 0) is 6.54 Å². The van der Waals surface area contributed by atoms with Gasteiger partial charge in [-0.05, 0) is 18.0 Å². The number of aryl methyl sites for hydroxylation is 1. The third kappa shape index (κ3) is 2.54. The van der Waals surface area contributed by atoms with Crippen LogP contribution in [0.5, 0.6) is 0 Å². The highest BCUT2D eigenvalue weighted by Gasteiger charge is 1.88. The largest absolute Gasteiger partial charge is 0.302 e. The van der Waals surface area contributed by atoms with Crippen molar-refractivity contribution in [2.45, 2.75) is 19.9 Å². The highest BCUT2D eigenvalue weighted by molar-refractivity contribution is 7.03. The van der Waals surface area contributed by atoms with E-state index in [0.717, 1.165) is 13.0 Å². The second-order valence-electron chi connectivity index (χ2n) is 1.87. The van der Waals surface area contributed by atoms with E-state index < -0.39 is 0 Å². The molecule has 0 aliphatic rings. The molecule has 0 atom stereocenters. The summed E-state index contributed by atoms with van der Waals surface area (Å²) in [6.45, 7) is 3.06. The monoisotopic (exact) mass is 179 g/mol. The molecule has 0 aliphatic heterocycles. The fourth-order valence-corrected chi connectivity index (χ4v) is 1.41. The van der Waals surface area contributed by atoms with Gasteiger partial charge in [-0.15, -0.1) is 12.4 Å².